The number of para-hydroxylation sites is 1. The van der Waals surface area contributed by atoms with Crippen LogP contribution in [-0.4, -0.2) is 67.0 Å². The first-order valence-electron chi connectivity index (χ1n) is 10.8. The number of carbonyl (C=O) groups excluding carboxylic acids is 1. The first-order chi connectivity index (χ1) is 15.0. The van der Waals surface area contributed by atoms with E-state index >= 15 is 0 Å². The van der Waals surface area contributed by atoms with Gasteiger partial charge < -0.3 is 14.5 Å². The van der Waals surface area contributed by atoms with Crippen molar-refractivity contribution in [2.45, 2.75) is 26.4 Å². The number of hydrogen-bond acceptors (Lipinski definition) is 5. The van der Waals surface area contributed by atoms with Crippen molar-refractivity contribution in [1.82, 2.24) is 14.8 Å². The largest absolute Gasteiger partial charge is 0.493 e. The fraction of sp³-hybridized carbons (Fsp3) is 0.400. The van der Waals surface area contributed by atoms with Gasteiger partial charge in [0.25, 0.3) is 0 Å². The summed E-state index contributed by atoms with van der Waals surface area (Å²) in [7, 11) is 3.33. The Morgan fingerprint density at radius 1 is 1.06 bits per heavy atom. The molecule has 31 heavy (non-hydrogen) atoms. The SMILES string of the molecule is COc1cc(C)c(CN2CCN([C@H](C)C(=O)c3c[nH]c4ccccc34)CC2)cc1OC. The molecule has 1 aliphatic heterocycles. The molecule has 0 bridgehead atoms. The third kappa shape index (κ3) is 4.31. The van der Waals surface area contributed by atoms with Gasteiger partial charge in [0.05, 0.1) is 20.3 Å². The number of ether oxygens (including phenoxy) is 2. The molecule has 1 atom stereocenters. The molecule has 0 amide bonds. The number of methoxy groups -OCH3 is 2. The molecule has 3 aromatic rings. The Morgan fingerprint density at radius 3 is 2.45 bits per heavy atom. The molecule has 6 heteroatoms. The molecule has 164 valence electrons. The van der Waals surface area contributed by atoms with Crippen molar-refractivity contribution in [1.29, 1.82) is 0 Å². The van der Waals surface area contributed by atoms with Crippen LogP contribution in [0, 0.1) is 6.92 Å². The zero-order chi connectivity index (χ0) is 22.0. The van der Waals surface area contributed by atoms with E-state index < -0.39 is 0 Å². The van der Waals surface area contributed by atoms with Crippen LogP contribution in [0.4, 0.5) is 0 Å². The summed E-state index contributed by atoms with van der Waals surface area (Å²) in [5.74, 6) is 1.71. The Morgan fingerprint density at radius 2 is 1.74 bits per heavy atom. The predicted octanol–water partition coefficient (Wildman–Crippen LogP) is 3.88. The summed E-state index contributed by atoms with van der Waals surface area (Å²) >= 11 is 0. The molecule has 2 heterocycles. The lowest BCUT2D eigenvalue weighted by Gasteiger charge is -2.37. The van der Waals surface area contributed by atoms with E-state index in [0.29, 0.717) is 0 Å². The third-order valence-corrected chi connectivity index (χ3v) is 6.42. The van der Waals surface area contributed by atoms with Gasteiger partial charge in [-0.1, -0.05) is 18.2 Å². The average Bonchev–Trinajstić information content (AvgIpc) is 3.23. The highest BCUT2D eigenvalue weighted by atomic mass is 16.5. The molecule has 4 rings (SSSR count). The van der Waals surface area contributed by atoms with E-state index in [1.54, 1.807) is 14.2 Å². The number of ketones is 1. The number of rotatable bonds is 7. The van der Waals surface area contributed by atoms with Crippen molar-refractivity contribution >= 4 is 16.7 Å². The number of fused-ring (bicyclic) bond motifs is 1. The Hall–Kier alpha value is -2.83. The van der Waals surface area contributed by atoms with Crippen molar-refractivity contribution < 1.29 is 14.3 Å². The van der Waals surface area contributed by atoms with E-state index in [4.69, 9.17) is 9.47 Å². The maximum absolute atomic E-state index is 13.2. The molecule has 0 saturated carbocycles. The van der Waals surface area contributed by atoms with Crippen LogP contribution in [0.1, 0.15) is 28.4 Å². The normalized spacial score (nSPS) is 16.4. The molecule has 2 aromatic carbocycles. The number of nitrogens with zero attached hydrogens (tertiary/aromatic N) is 2. The second kappa shape index (κ2) is 9.12. The van der Waals surface area contributed by atoms with Crippen molar-refractivity contribution in [2.75, 3.05) is 40.4 Å². The lowest BCUT2D eigenvalue weighted by molar-refractivity contribution is 0.0688. The van der Waals surface area contributed by atoms with E-state index in [0.717, 1.165) is 60.7 Å². The van der Waals surface area contributed by atoms with Gasteiger partial charge in [0.15, 0.2) is 17.3 Å². The van der Waals surface area contributed by atoms with E-state index in [2.05, 4.69) is 27.8 Å². The van der Waals surface area contributed by atoms with Gasteiger partial charge >= 0.3 is 0 Å². The molecule has 1 aromatic heterocycles. The number of hydrogen-bond donors (Lipinski definition) is 1. The first-order valence-corrected chi connectivity index (χ1v) is 10.8. The van der Waals surface area contributed by atoms with Crippen LogP contribution in [0.15, 0.2) is 42.6 Å². The molecule has 0 spiro atoms. The molecule has 1 aliphatic rings. The van der Waals surface area contributed by atoms with Gasteiger partial charge in [-0.25, -0.2) is 0 Å². The standard InChI is InChI=1S/C25H31N3O3/c1-17-13-23(30-3)24(31-4)14-19(17)16-27-9-11-28(12-10-27)18(2)25(29)21-15-26-22-8-6-5-7-20(21)22/h5-8,13-15,18,26H,9-12,16H2,1-4H3/t18-/m1/s1. The van der Waals surface area contributed by atoms with E-state index in [-0.39, 0.29) is 11.8 Å². The minimum absolute atomic E-state index is 0.135. The van der Waals surface area contributed by atoms with Crippen LogP contribution in [0.5, 0.6) is 11.5 Å². The smallest absolute Gasteiger partial charge is 0.181 e. The number of aromatic amines is 1. The van der Waals surface area contributed by atoms with Gasteiger partial charge in [-0.15, -0.1) is 0 Å². The van der Waals surface area contributed by atoms with Crippen LogP contribution < -0.4 is 9.47 Å². The van der Waals surface area contributed by atoms with Gasteiger partial charge in [0.1, 0.15) is 0 Å². The van der Waals surface area contributed by atoms with E-state index in [1.165, 1.54) is 11.1 Å². The second-order valence-corrected chi connectivity index (χ2v) is 8.23. The topological polar surface area (TPSA) is 57.8 Å². The van der Waals surface area contributed by atoms with Crippen LogP contribution in [-0.2, 0) is 6.54 Å². The number of aryl methyl sites for hydroxylation is 1. The van der Waals surface area contributed by atoms with Gasteiger partial charge in [0, 0.05) is 55.4 Å². The minimum Gasteiger partial charge on any atom is -0.493 e. The van der Waals surface area contributed by atoms with Gasteiger partial charge in [-0.05, 0) is 43.2 Å². The Balaban J connectivity index is 1.39. The van der Waals surface area contributed by atoms with Crippen molar-refractivity contribution in [2.24, 2.45) is 0 Å². The van der Waals surface area contributed by atoms with Crippen LogP contribution in [0.25, 0.3) is 10.9 Å². The summed E-state index contributed by atoms with van der Waals surface area (Å²) in [4.78, 5) is 21.1. The molecule has 0 aliphatic carbocycles. The molecular formula is C25H31N3O3. The maximum Gasteiger partial charge on any atom is 0.181 e. The summed E-state index contributed by atoms with van der Waals surface area (Å²) in [6.45, 7) is 8.61. The zero-order valence-corrected chi connectivity index (χ0v) is 18.8. The number of benzene rings is 2. The highest BCUT2D eigenvalue weighted by molar-refractivity contribution is 6.10. The number of H-pyrrole nitrogens is 1. The summed E-state index contributed by atoms with van der Waals surface area (Å²) < 4.78 is 10.9. The summed E-state index contributed by atoms with van der Waals surface area (Å²) in [6, 6.07) is 11.9. The quantitative estimate of drug-likeness (QED) is 0.587. The monoisotopic (exact) mass is 421 g/mol. The summed E-state index contributed by atoms with van der Waals surface area (Å²) in [5, 5.41) is 1.00. The lowest BCUT2D eigenvalue weighted by atomic mass is 10.0. The molecule has 0 unspecified atom stereocenters. The fourth-order valence-electron chi connectivity index (χ4n) is 4.41. The maximum atomic E-state index is 13.2. The summed E-state index contributed by atoms with van der Waals surface area (Å²) in [5.41, 5.74) is 4.23. The number of Topliss-reactive ketones (excluding diaryl/α,β-unsaturated/α-hetero) is 1. The lowest BCUT2D eigenvalue weighted by Crippen LogP contribution is -2.51. The highest BCUT2D eigenvalue weighted by Gasteiger charge is 2.28. The fourth-order valence-corrected chi connectivity index (χ4v) is 4.41. The minimum atomic E-state index is -0.135. The van der Waals surface area contributed by atoms with Crippen LogP contribution >= 0.6 is 0 Å². The van der Waals surface area contributed by atoms with Crippen LogP contribution in [0.2, 0.25) is 0 Å². The molecule has 0 radical (unpaired) electrons. The summed E-state index contributed by atoms with van der Waals surface area (Å²) in [6.07, 6.45) is 1.85. The van der Waals surface area contributed by atoms with E-state index in [1.807, 2.05) is 43.5 Å². The van der Waals surface area contributed by atoms with Crippen molar-refractivity contribution in [3.05, 3.63) is 59.3 Å². The molecule has 1 N–H and O–H groups in total. The van der Waals surface area contributed by atoms with Gasteiger partial charge in [-0.3, -0.25) is 14.6 Å². The van der Waals surface area contributed by atoms with Crippen molar-refractivity contribution in [3.63, 3.8) is 0 Å². The Bertz CT molecular complexity index is 1070. The number of nitrogens with one attached hydrogen (secondary N) is 1. The van der Waals surface area contributed by atoms with E-state index in [9.17, 15) is 4.79 Å². The predicted molar refractivity (Wildman–Crippen MR) is 123 cm³/mol. The first kappa shape index (κ1) is 21.4. The second-order valence-electron chi connectivity index (χ2n) is 8.23. The average molecular weight is 422 g/mol. The number of carbonyl (C=O) groups is 1. The Labute approximate surface area is 183 Å². The van der Waals surface area contributed by atoms with Crippen molar-refractivity contribution in [3.8, 4) is 11.5 Å². The Kier molecular flexibility index (Phi) is 6.30. The molecule has 1 fully saturated rings. The molecule has 1 saturated heterocycles. The van der Waals surface area contributed by atoms with Crippen LogP contribution in [0.3, 0.4) is 0 Å². The zero-order valence-electron chi connectivity index (χ0n) is 18.8. The number of aromatic nitrogens is 1. The third-order valence-electron chi connectivity index (χ3n) is 6.42. The van der Waals surface area contributed by atoms with Gasteiger partial charge in [-0.2, -0.15) is 0 Å². The van der Waals surface area contributed by atoms with Gasteiger partial charge in [0.2, 0.25) is 0 Å². The molecule has 6 nitrogen and oxygen atoms in total. The number of piperazine rings is 1. The molecular weight excluding hydrogens is 390 g/mol. The highest BCUT2D eigenvalue weighted by Crippen LogP contribution is 2.31.